The summed E-state index contributed by atoms with van der Waals surface area (Å²) in [5.41, 5.74) is 2.27. The molecule has 1 aromatic heterocycles. The van der Waals surface area contributed by atoms with Crippen LogP contribution in [0.15, 0.2) is 29.4 Å². The van der Waals surface area contributed by atoms with Crippen molar-refractivity contribution in [1.29, 1.82) is 0 Å². The van der Waals surface area contributed by atoms with Gasteiger partial charge in [0.05, 0.1) is 5.75 Å². The van der Waals surface area contributed by atoms with Gasteiger partial charge in [-0.3, -0.25) is 4.79 Å². The molecular weight excluding hydrogens is 370 g/mol. The molecule has 2 aromatic rings. The number of nitrogens with two attached hydrogens (primary N) is 1. The van der Waals surface area contributed by atoms with E-state index in [-0.39, 0.29) is 11.3 Å². The Balaban J connectivity index is 1.65. The fourth-order valence-corrected chi connectivity index (χ4v) is 4.54. The molecule has 0 aliphatic carbocycles. The minimum Gasteiger partial charge on any atom is -0.341 e. The lowest BCUT2D eigenvalue weighted by molar-refractivity contribution is -0.130. The van der Waals surface area contributed by atoms with Crippen LogP contribution in [0.5, 0.6) is 0 Å². The second kappa shape index (κ2) is 8.15. The van der Waals surface area contributed by atoms with Crippen LogP contribution in [0.1, 0.15) is 46.6 Å². The molecule has 0 unspecified atom stereocenters. The number of amides is 1. The number of piperidine rings is 1. The van der Waals surface area contributed by atoms with Gasteiger partial charge < -0.3 is 10.7 Å². The molecule has 1 fully saturated rings. The maximum Gasteiger partial charge on any atom is 0.233 e. The van der Waals surface area contributed by atoms with Gasteiger partial charge in [-0.05, 0) is 29.2 Å². The summed E-state index contributed by atoms with van der Waals surface area (Å²) in [6.45, 7) is 12.6. The van der Waals surface area contributed by atoms with Crippen molar-refractivity contribution in [2.75, 3.05) is 24.7 Å². The zero-order valence-electron chi connectivity index (χ0n) is 17.5. The quantitative estimate of drug-likeness (QED) is 0.626. The number of likely N-dealkylation sites (tertiary alicyclic amines) is 1. The SMILES string of the molecule is C[C@@H]1C[C@H](C)CN(C(=O)CSc2nnc(-c3ccc(C(C)(C)C)cc3)n2N)C1. The van der Waals surface area contributed by atoms with Crippen molar-refractivity contribution in [3.8, 4) is 11.4 Å². The molecule has 2 heterocycles. The number of hydrogen-bond donors (Lipinski definition) is 1. The predicted molar refractivity (Wildman–Crippen MR) is 115 cm³/mol. The molecule has 2 N–H and O–H groups in total. The molecule has 0 saturated carbocycles. The number of aromatic nitrogens is 3. The minimum atomic E-state index is 0.0970. The van der Waals surface area contributed by atoms with E-state index in [1.165, 1.54) is 28.4 Å². The Labute approximate surface area is 171 Å². The number of hydrogen-bond acceptors (Lipinski definition) is 5. The molecule has 1 saturated heterocycles. The van der Waals surface area contributed by atoms with E-state index in [2.05, 4.69) is 56.9 Å². The zero-order chi connectivity index (χ0) is 20.5. The highest BCUT2D eigenvalue weighted by molar-refractivity contribution is 7.99. The van der Waals surface area contributed by atoms with Crippen molar-refractivity contribution in [2.24, 2.45) is 11.8 Å². The van der Waals surface area contributed by atoms with Crippen molar-refractivity contribution >= 4 is 17.7 Å². The molecule has 0 radical (unpaired) electrons. The summed E-state index contributed by atoms with van der Waals surface area (Å²) in [6, 6.07) is 8.23. The summed E-state index contributed by atoms with van der Waals surface area (Å²) in [7, 11) is 0. The van der Waals surface area contributed by atoms with Crippen LogP contribution in [-0.4, -0.2) is 44.5 Å². The number of rotatable bonds is 4. The molecule has 1 aromatic carbocycles. The van der Waals surface area contributed by atoms with Gasteiger partial charge in [0.25, 0.3) is 0 Å². The van der Waals surface area contributed by atoms with E-state index < -0.39 is 0 Å². The van der Waals surface area contributed by atoms with Gasteiger partial charge in [0.2, 0.25) is 11.1 Å². The van der Waals surface area contributed by atoms with E-state index in [1.807, 2.05) is 17.0 Å². The van der Waals surface area contributed by atoms with Crippen LogP contribution in [0.2, 0.25) is 0 Å². The molecule has 0 spiro atoms. The number of carbonyl (C=O) groups excluding carboxylic acids is 1. The lowest BCUT2D eigenvalue weighted by atomic mass is 9.87. The second-order valence-electron chi connectivity index (χ2n) is 9.04. The number of nitrogens with zero attached hydrogens (tertiary/aromatic N) is 4. The molecule has 1 amide bonds. The monoisotopic (exact) mass is 401 g/mol. The molecule has 152 valence electrons. The molecule has 3 rings (SSSR count). The summed E-state index contributed by atoms with van der Waals surface area (Å²) in [5, 5.41) is 8.98. The molecule has 0 bridgehead atoms. The second-order valence-corrected chi connectivity index (χ2v) is 9.98. The van der Waals surface area contributed by atoms with Crippen LogP contribution in [0.4, 0.5) is 0 Å². The normalized spacial score (nSPS) is 20.4. The molecule has 7 heteroatoms. The van der Waals surface area contributed by atoms with Gasteiger partial charge in [0.1, 0.15) is 0 Å². The van der Waals surface area contributed by atoms with Crippen LogP contribution in [-0.2, 0) is 10.2 Å². The van der Waals surface area contributed by atoms with Crippen molar-refractivity contribution in [3.63, 3.8) is 0 Å². The first-order valence-corrected chi connectivity index (χ1v) is 10.9. The van der Waals surface area contributed by atoms with Gasteiger partial charge in [-0.2, -0.15) is 0 Å². The van der Waals surface area contributed by atoms with Crippen LogP contribution in [0.3, 0.4) is 0 Å². The van der Waals surface area contributed by atoms with Gasteiger partial charge in [-0.1, -0.05) is 70.6 Å². The molecular formula is C21H31N5OS. The third kappa shape index (κ3) is 4.69. The van der Waals surface area contributed by atoms with Gasteiger partial charge in [-0.15, -0.1) is 10.2 Å². The van der Waals surface area contributed by atoms with E-state index >= 15 is 0 Å². The lowest BCUT2D eigenvalue weighted by Gasteiger charge is -2.34. The van der Waals surface area contributed by atoms with Gasteiger partial charge in [0, 0.05) is 18.7 Å². The van der Waals surface area contributed by atoms with Gasteiger partial charge >= 0.3 is 0 Å². The topological polar surface area (TPSA) is 77.0 Å². The van der Waals surface area contributed by atoms with Crippen LogP contribution >= 0.6 is 11.8 Å². The summed E-state index contributed by atoms with van der Waals surface area (Å²) in [4.78, 5) is 14.6. The van der Waals surface area contributed by atoms with Crippen molar-refractivity contribution in [3.05, 3.63) is 29.8 Å². The maximum atomic E-state index is 12.6. The molecule has 1 aliphatic rings. The van der Waals surface area contributed by atoms with E-state index in [0.717, 1.165) is 18.7 Å². The summed E-state index contributed by atoms with van der Waals surface area (Å²) < 4.78 is 1.48. The maximum absolute atomic E-state index is 12.6. The predicted octanol–water partition coefficient (Wildman–Crippen LogP) is 3.55. The minimum absolute atomic E-state index is 0.0970. The summed E-state index contributed by atoms with van der Waals surface area (Å²) >= 11 is 1.35. The van der Waals surface area contributed by atoms with Crippen LogP contribution in [0, 0.1) is 11.8 Å². The Kier molecular flexibility index (Phi) is 6.03. The molecule has 1 aliphatic heterocycles. The first kappa shape index (κ1) is 20.7. The highest BCUT2D eigenvalue weighted by atomic mass is 32.2. The Hall–Kier alpha value is -2.02. The fourth-order valence-electron chi connectivity index (χ4n) is 3.78. The number of thioether (sulfide) groups is 1. The standard InChI is InChI=1S/C21H31N5OS/c1-14-10-15(2)12-25(11-14)18(27)13-28-20-24-23-19(26(20)22)16-6-8-17(9-7-16)21(3,4)5/h6-9,14-15H,10-13,22H2,1-5H3/t14-,15+. The number of benzene rings is 1. The summed E-state index contributed by atoms with van der Waals surface area (Å²) in [5.74, 6) is 8.40. The first-order valence-electron chi connectivity index (χ1n) is 9.87. The van der Waals surface area contributed by atoms with E-state index in [4.69, 9.17) is 5.84 Å². The van der Waals surface area contributed by atoms with Crippen molar-refractivity contribution in [2.45, 2.75) is 51.6 Å². The van der Waals surface area contributed by atoms with E-state index in [1.54, 1.807) is 0 Å². The lowest BCUT2D eigenvalue weighted by Crippen LogP contribution is -2.43. The smallest absolute Gasteiger partial charge is 0.233 e. The molecule has 2 atom stereocenters. The van der Waals surface area contributed by atoms with Crippen molar-refractivity contribution in [1.82, 2.24) is 19.8 Å². The third-order valence-corrected chi connectivity index (χ3v) is 6.15. The Bertz CT molecular complexity index is 814. The van der Waals surface area contributed by atoms with Gasteiger partial charge in [-0.25, -0.2) is 4.68 Å². The zero-order valence-corrected chi connectivity index (χ0v) is 18.3. The third-order valence-electron chi connectivity index (χ3n) is 5.22. The average molecular weight is 402 g/mol. The molecule has 6 nitrogen and oxygen atoms in total. The largest absolute Gasteiger partial charge is 0.341 e. The Morgan fingerprint density at radius 3 is 2.32 bits per heavy atom. The van der Waals surface area contributed by atoms with Crippen LogP contribution in [0.25, 0.3) is 11.4 Å². The Morgan fingerprint density at radius 1 is 1.14 bits per heavy atom. The highest BCUT2D eigenvalue weighted by Crippen LogP contribution is 2.27. The Morgan fingerprint density at radius 2 is 1.75 bits per heavy atom. The van der Waals surface area contributed by atoms with E-state index in [9.17, 15) is 4.79 Å². The highest BCUT2D eigenvalue weighted by Gasteiger charge is 2.26. The summed E-state index contributed by atoms with van der Waals surface area (Å²) in [6.07, 6.45) is 1.19. The number of carbonyl (C=O) groups is 1. The molecule has 28 heavy (non-hydrogen) atoms. The first-order chi connectivity index (χ1) is 13.1. The van der Waals surface area contributed by atoms with E-state index in [0.29, 0.717) is 28.6 Å². The van der Waals surface area contributed by atoms with Crippen molar-refractivity contribution < 1.29 is 4.79 Å². The van der Waals surface area contributed by atoms with Crippen LogP contribution < -0.4 is 5.84 Å². The van der Waals surface area contributed by atoms with Gasteiger partial charge in [0.15, 0.2) is 5.82 Å². The fraction of sp³-hybridized carbons (Fsp3) is 0.571. The number of nitrogen functional groups attached to an aromatic ring is 1. The average Bonchev–Trinajstić information content (AvgIpc) is 2.99.